The molecule has 0 aliphatic heterocycles. The molecule has 0 spiro atoms. The smallest absolute Gasteiger partial charge is 0.326 e. The van der Waals surface area contributed by atoms with Crippen LogP contribution >= 0.6 is 11.8 Å². The van der Waals surface area contributed by atoms with E-state index in [1.807, 2.05) is 12.3 Å². The third-order valence-corrected chi connectivity index (χ3v) is 5.53. The van der Waals surface area contributed by atoms with Crippen molar-refractivity contribution in [2.24, 2.45) is 11.5 Å². The van der Waals surface area contributed by atoms with Crippen molar-refractivity contribution in [2.45, 2.75) is 50.2 Å². The summed E-state index contributed by atoms with van der Waals surface area (Å²) in [6.45, 7) is 0.106. The fourth-order valence-electron chi connectivity index (χ4n) is 3.01. The minimum Gasteiger partial charge on any atom is -0.480 e. The van der Waals surface area contributed by atoms with Gasteiger partial charge in [-0.2, -0.15) is 11.8 Å². The van der Waals surface area contributed by atoms with Crippen LogP contribution in [0.15, 0.2) is 30.3 Å². The number of hydrogen-bond acceptors (Lipinski definition) is 7. The second-order valence-electron chi connectivity index (χ2n) is 7.60. The molecule has 10 nitrogen and oxygen atoms in total. The van der Waals surface area contributed by atoms with Gasteiger partial charge in [-0.1, -0.05) is 36.8 Å². The van der Waals surface area contributed by atoms with Gasteiger partial charge < -0.3 is 32.5 Å². The Bertz CT molecular complexity index is 765. The molecule has 33 heavy (non-hydrogen) atoms. The molecule has 1 aromatic rings. The lowest BCUT2D eigenvalue weighted by Crippen LogP contribution is -2.53. The number of amides is 3. The predicted octanol–water partition coefficient (Wildman–Crippen LogP) is -0.391. The lowest BCUT2D eigenvalue weighted by molar-refractivity contribution is -0.141. The highest BCUT2D eigenvalue weighted by Gasteiger charge is 2.25. The van der Waals surface area contributed by atoms with Gasteiger partial charge in [-0.25, -0.2) is 4.79 Å². The van der Waals surface area contributed by atoms with Crippen LogP contribution in [0.3, 0.4) is 0 Å². The Morgan fingerprint density at radius 3 is 2.30 bits per heavy atom. The van der Waals surface area contributed by atoms with E-state index in [4.69, 9.17) is 11.5 Å². The number of carbonyl (C=O) groups excluding carboxylic acids is 3. The van der Waals surface area contributed by atoms with Gasteiger partial charge in [-0.15, -0.1) is 0 Å². The number of benzene rings is 1. The van der Waals surface area contributed by atoms with E-state index in [1.54, 1.807) is 24.3 Å². The molecule has 0 aliphatic rings. The molecule has 3 amide bonds. The van der Waals surface area contributed by atoms with E-state index in [2.05, 4.69) is 16.0 Å². The highest BCUT2D eigenvalue weighted by Crippen LogP contribution is 2.05. The highest BCUT2D eigenvalue weighted by atomic mass is 32.2. The van der Waals surface area contributed by atoms with E-state index >= 15 is 0 Å². The molecule has 0 aliphatic carbocycles. The number of nitrogens with one attached hydrogen (secondary N) is 3. The second kappa shape index (κ2) is 16.1. The molecule has 3 atom stereocenters. The molecular formula is C22H35N5O5S. The fraction of sp³-hybridized carbons (Fsp3) is 0.545. The molecular weight excluding hydrogens is 446 g/mol. The summed E-state index contributed by atoms with van der Waals surface area (Å²) in [4.78, 5) is 48.7. The number of thioether (sulfide) groups is 1. The van der Waals surface area contributed by atoms with E-state index in [-0.39, 0.29) is 6.42 Å². The number of rotatable bonds is 16. The molecule has 0 heterocycles. The summed E-state index contributed by atoms with van der Waals surface area (Å²) in [5.74, 6) is -2.17. The van der Waals surface area contributed by atoms with Gasteiger partial charge in [0, 0.05) is 6.42 Å². The maximum atomic E-state index is 12.6. The van der Waals surface area contributed by atoms with Crippen LogP contribution in [0.1, 0.15) is 31.2 Å². The number of aliphatic carboxylic acids is 1. The van der Waals surface area contributed by atoms with Crippen molar-refractivity contribution in [3.05, 3.63) is 35.9 Å². The molecule has 184 valence electrons. The Morgan fingerprint density at radius 1 is 1.00 bits per heavy atom. The van der Waals surface area contributed by atoms with Crippen molar-refractivity contribution in [3.63, 3.8) is 0 Å². The summed E-state index contributed by atoms with van der Waals surface area (Å²) in [5, 5.41) is 16.9. The first-order valence-corrected chi connectivity index (χ1v) is 12.3. The van der Waals surface area contributed by atoms with Crippen LogP contribution in [0.25, 0.3) is 0 Å². The molecule has 0 radical (unpaired) electrons. The molecule has 1 aromatic carbocycles. The quantitative estimate of drug-likeness (QED) is 0.173. The number of nitrogens with two attached hydrogens (primary N) is 2. The average molecular weight is 482 g/mol. The van der Waals surface area contributed by atoms with E-state index in [0.717, 1.165) is 12.0 Å². The fourth-order valence-corrected chi connectivity index (χ4v) is 3.48. The van der Waals surface area contributed by atoms with Gasteiger partial charge in [0.25, 0.3) is 0 Å². The lowest BCUT2D eigenvalue weighted by Gasteiger charge is -2.21. The number of carboxylic acid groups (broad SMARTS) is 1. The maximum Gasteiger partial charge on any atom is 0.326 e. The molecule has 8 N–H and O–H groups in total. The van der Waals surface area contributed by atoms with Crippen LogP contribution < -0.4 is 27.4 Å². The van der Waals surface area contributed by atoms with Gasteiger partial charge in [-0.3, -0.25) is 14.4 Å². The van der Waals surface area contributed by atoms with Crippen molar-refractivity contribution in [3.8, 4) is 0 Å². The summed E-state index contributed by atoms with van der Waals surface area (Å²) in [5.41, 5.74) is 12.1. The number of carboxylic acids is 1. The minimum absolute atomic E-state index is 0.115. The molecule has 0 fully saturated rings. The van der Waals surface area contributed by atoms with E-state index in [1.165, 1.54) is 11.8 Å². The first-order valence-electron chi connectivity index (χ1n) is 10.9. The van der Waals surface area contributed by atoms with Crippen molar-refractivity contribution in [2.75, 3.05) is 25.1 Å². The van der Waals surface area contributed by atoms with Crippen molar-refractivity contribution in [1.82, 2.24) is 16.0 Å². The zero-order valence-electron chi connectivity index (χ0n) is 18.9. The topological polar surface area (TPSA) is 177 Å². The molecule has 0 saturated heterocycles. The van der Waals surface area contributed by atoms with Gasteiger partial charge in [0.1, 0.15) is 12.1 Å². The Labute approximate surface area is 198 Å². The summed E-state index contributed by atoms with van der Waals surface area (Å²) >= 11 is 1.52. The summed E-state index contributed by atoms with van der Waals surface area (Å²) in [6.07, 6.45) is 4.28. The van der Waals surface area contributed by atoms with Gasteiger partial charge in [0.2, 0.25) is 17.7 Å². The lowest BCUT2D eigenvalue weighted by atomic mass is 10.1. The molecule has 11 heteroatoms. The van der Waals surface area contributed by atoms with E-state index < -0.39 is 48.4 Å². The van der Waals surface area contributed by atoms with Gasteiger partial charge >= 0.3 is 5.97 Å². The SMILES string of the molecule is CSCCC(NC(=O)C(N)CCCCN)C(=O)NCC(=O)NC(Cc1ccccc1)C(=O)O. The molecule has 0 aromatic heterocycles. The summed E-state index contributed by atoms with van der Waals surface area (Å²) in [7, 11) is 0. The molecule has 0 saturated carbocycles. The van der Waals surface area contributed by atoms with E-state index in [0.29, 0.717) is 31.6 Å². The Kier molecular flexibility index (Phi) is 13.8. The zero-order valence-corrected chi connectivity index (χ0v) is 19.7. The van der Waals surface area contributed by atoms with Gasteiger partial charge in [0.05, 0.1) is 12.6 Å². The van der Waals surface area contributed by atoms with E-state index in [9.17, 15) is 24.3 Å². The normalized spacial score (nSPS) is 13.4. The van der Waals surface area contributed by atoms with Crippen molar-refractivity contribution >= 4 is 35.5 Å². The maximum absolute atomic E-state index is 12.6. The number of hydrogen-bond donors (Lipinski definition) is 6. The molecule has 3 unspecified atom stereocenters. The zero-order chi connectivity index (χ0) is 24.6. The Balaban J connectivity index is 2.60. The van der Waals surface area contributed by atoms with Crippen LogP contribution in [-0.2, 0) is 25.6 Å². The second-order valence-corrected chi connectivity index (χ2v) is 8.59. The first-order chi connectivity index (χ1) is 15.8. The van der Waals surface area contributed by atoms with Crippen LogP contribution in [0.4, 0.5) is 0 Å². The Morgan fingerprint density at radius 2 is 1.70 bits per heavy atom. The van der Waals surface area contributed by atoms with Crippen LogP contribution in [-0.4, -0.2) is 72.0 Å². The third kappa shape index (κ3) is 11.7. The van der Waals surface area contributed by atoms with Crippen molar-refractivity contribution in [1.29, 1.82) is 0 Å². The van der Waals surface area contributed by atoms with Crippen LogP contribution in [0.5, 0.6) is 0 Å². The van der Waals surface area contributed by atoms with Gasteiger partial charge in [0.15, 0.2) is 0 Å². The van der Waals surface area contributed by atoms with Gasteiger partial charge in [-0.05, 0) is 43.4 Å². The third-order valence-electron chi connectivity index (χ3n) is 4.89. The molecule has 1 rings (SSSR count). The Hall–Kier alpha value is -2.63. The summed E-state index contributed by atoms with van der Waals surface area (Å²) < 4.78 is 0. The minimum atomic E-state index is -1.17. The highest BCUT2D eigenvalue weighted by molar-refractivity contribution is 7.98. The van der Waals surface area contributed by atoms with Crippen LogP contribution in [0, 0.1) is 0 Å². The average Bonchev–Trinajstić information content (AvgIpc) is 2.80. The largest absolute Gasteiger partial charge is 0.480 e. The number of unbranched alkanes of at least 4 members (excludes halogenated alkanes) is 1. The first kappa shape index (κ1) is 28.4. The van der Waals surface area contributed by atoms with Crippen LogP contribution in [0.2, 0.25) is 0 Å². The molecule has 0 bridgehead atoms. The monoisotopic (exact) mass is 481 g/mol. The standard InChI is InChI=1S/C22H35N5O5S/c1-33-12-10-17(27-20(29)16(24)9-5-6-11-23)21(30)25-14-19(28)26-18(22(31)32)13-15-7-3-2-4-8-15/h2-4,7-8,16-18H,5-6,9-14,23-24H2,1H3,(H,25,30)(H,26,28)(H,27,29)(H,31,32). The predicted molar refractivity (Wildman–Crippen MR) is 129 cm³/mol. The van der Waals surface area contributed by atoms with Crippen molar-refractivity contribution < 1.29 is 24.3 Å². The number of carbonyl (C=O) groups is 4. The summed E-state index contributed by atoms with van der Waals surface area (Å²) in [6, 6.07) is 6.18.